The average Bonchev–Trinajstić information content (AvgIpc) is 2.75. The van der Waals surface area contributed by atoms with Gasteiger partial charge in [0, 0.05) is 24.6 Å². The Morgan fingerprint density at radius 3 is 2.55 bits per heavy atom. The topological polar surface area (TPSA) is 58.8 Å². The van der Waals surface area contributed by atoms with Gasteiger partial charge in [0.25, 0.3) is 5.56 Å². The number of benzene rings is 2. The Morgan fingerprint density at radius 1 is 1.00 bits per heavy atom. The highest BCUT2D eigenvalue weighted by Crippen LogP contribution is 2.17. The Balaban J connectivity index is 1.66. The molecular weight excluding hydrogens is 360 g/mol. The van der Waals surface area contributed by atoms with E-state index in [4.69, 9.17) is 0 Å². The molecule has 4 aromatic rings. The Labute approximate surface area is 169 Å². The van der Waals surface area contributed by atoms with Crippen LogP contribution in [0.25, 0.3) is 5.65 Å². The molecule has 5 nitrogen and oxygen atoms in total. The predicted octanol–water partition coefficient (Wildman–Crippen LogP) is 4.41. The van der Waals surface area contributed by atoms with Crippen molar-refractivity contribution in [3.63, 3.8) is 0 Å². The normalized spacial score (nSPS) is 11.2. The second-order valence-corrected chi connectivity index (χ2v) is 6.87. The van der Waals surface area contributed by atoms with Gasteiger partial charge in [0.1, 0.15) is 17.0 Å². The number of hydrogen-bond acceptors (Lipinski definition) is 4. The van der Waals surface area contributed by atoms with Crippen LogP contribution in [0.4, 0.5) is 11.5 Å². The first-order valence-corrected chi connectivity index (χ1v) is 9.59. The van der Waals surface area contributed by atoms with Gasteiger partial charge >= 0.3 is 0 Å². The van der Waals surface area contributed by atoms with Crippen LogP contribution in [-0.2, 0) is 6.42 Å². The molecule has 0 radical (unpaired) electrons. The summed E-state index contributed by atoms with van der Waals surface area (Å²) in [6.07, 6.45) is 4.18. The van der Waals surface area contributed by atoms with Gasteiger partial charge in [-0.3, -0.25) is 14.2 Å². The van der Waals surface area contributed by atoms with Gasteiger partial charge in [0.15, 0.2) is 0 Å². The molecule has 0 aliphatic rings. The van der Waals surface area contributed by atoms with E-state index in [2.05, 4.69) is 27.4 Å². The number of hydrogen-bond donors (Lipinski definition) is 1. The van der Waals surface area contributed by atoms with Crippen LogP contribution in [0, 0.1) is 6.92 Å². The number of aromatic nitrogens is 2. The lowest BCUT2D eigenvalue weighted by Gasteiger charge is -2.10. The van der Waals surface area contributed by atoms with Crippen molar-refractivity contribution in [3.8, 4) is 0 Å². The third-order valence-corrected chi connectivity index (χ3v) is 4.68. The fourth-order valence-electron chi connectivity index (χ4n) is 3.08. The summed E-state index contributed by atoms with van der Waals surface area (Å²) in [6.45, 7) is 2.64. The lowest BCUT2D eigenvalue weighted by Crippen LogP contribution is -2.21. The molecular formula is C24H22N4O. The molecule has 0 fully saturated rings. The van der Waals surface area contributed by atoms with Crippen molar-refractivity contribution in [2.75, 3.05) is 11.9 Å². The molecule has 0 saturated heterocycles. The average molecular weight is 382 g/mol. The zero-order chi connectivity index (χ0) is 20.1. The van der Waals surface area contributed by atoms with E-state index >= 15 is 0 Å². The Morgan fingerprint density at radius 2 is 1.76 bits per heavy atom. The van der Waals surface area contributed by atoms with Gasteiger partial charge in [-0.25, -0.2) is 4.98 Å². The first-order valence-electron chi connectivity index (χ1n) is 9.59. The maximum absolute atomic E-state index is 13.0. The van der Waals surface area contributed by atoms with Gasteiger partial charge < -0.3 is 5.32 Å². The van der Waals surface area contributed by atoms with E-state index in [9.17, 15) is 4.79 Å². The van der Waals surface area contributed by atoms with Crippen LogP contribution < -0.4 is 10.9 Å². The number of aryl methyl sites for hydroxylation is 1. The lowest BCUT2D eigenvalue weighted by molar-refractivity contribution is 0.971. The third kappa shape index (κ3) is 4.41. The fourth-order valence-corrected chi connectivity index (χ4v) is 3.08. The van der Waals surface area contributed by atoms with E-state index in [-0.39, 0.29) is 5.56 Å². The van der Waals surface area contributed by atoms with E-state index in [1.54, 1.807) is 16.8 Å². The smallest absolute Gasteiger partial charge is 0.268 e. The quantitative estimate of drug-likeness (QED) is 0.503. The van der Waals surface area contributed by atoms with Gasteiger partial charge in [-0.05, 0) is 43.2 Å². The molecule has 0 amide bonds. The number of nitrogens with zero attached hydrogens (tertiary/aromatic N) is 3. The van der Waals surface area contributed by atoms with Crippen LogP contribution >= 0.6 is 0 Å². The van der Waals surface area contributed by atoms with Crippen molar-refractivity contribution < 1.29 is 0 Å². The molecule has 4 rings (SSSR count). The summed E-state index contributed by atoms with van der Waals surface area (Å²) in [5.74, 6) is 0.508. The monoisotopic (exact) mass is 382 g/mol. The summed E-state index contributed by atoms with van der Waals surface area (Å²) in [4.78, 5) is 22.2. The highest BCUT2D eigenvalue weighted by Gasteiger charge is 2.11. The molecule has 29 heavy (non-hydrogen) atoms. The lowest BCUT2D eigenvalue weighted by atomic mass is 10.1. The molecule has 144 valence electrons. The number of anilines is 2. The van der Waals surface area contributed by atoms with Crippen molar-refractivity contribution in [2.45, 2.75) is 13.3 Å². The van der Waals surface area contributed by atoms with Crippen LogP contribution in [0.3, 0.4) is 0 Å². The van der Waals surface area contributed by atoms with Gasteiger partial charge in [-0.1, -0.05) is 54.1 Å². The largest absolute Gasteiger partial charge is 0.339 e. The van der Waals surface area contributed by atoms with Crippen molar-refractivity contribution in [3.05, 3.63) is 106 Å². The zero-order valence-corrected chi connectivity index (χ0v) is 16.2. The van der Waals surface area contributed by atoms with Gasteiger partial charge in [-0.2, -0.15) is 0 Å². The summed E-state index contributed by atoms with van der Waals surface area (Å²) < 4.78 is 1.54. The molecule has 2 aromatic carbocycles. The molecule has 2 heterocycles. The number of nitrogens with one attached hydrogen (secondary N) is 1. The maximum atomic E-state index is 13.0. The van der Waals surface area contributed by atoms with Gasteiger partial charge in [-0.15, -0.1) is 0 Å². The summed E-state index contributed by atoms with van der Waals surface area (Å²) in [7, 11) is 0. The number of pyridine rings is 1. The van der Waals surface area contributed by atoms with Crippen molar-refractivity contribution in [1.82, 2.24) is 9.38 Å². The Bertz CT molecular complexity index is 1200. The zero-order valence-electron chi connectivity index (χ0n) is 16.2. The molecule has 0 saturated carbocycles. The molecule has 1 N–H and O–H groups in total. The second kappa shape index (κ2) is 8.52. The first kappa shape index (κ1) is 18.6. The molecule has 0 bridgehead atoms. The standard InChI is InChI=1S/C24H22N4O/c1-18-10-12-20(13-11-18)26-23-21(17-25-15-14-19-7-3-2-4-8-19)24(29)28-16-6-5-9-22(28)27-23/h2-13,16-17,26H,14-15H2,1H3. The molecule has 5 heteroatoms. The Hall–Kier alpha value is -3.73. The van der Waals surface area contributed by atoms with Crippen LogP contribution in [-0.4, -0.2) is 22.1 Å². The molecule has 0 spiro atoms. The Kier molecular flexibility index (Phi) is 5.47. The van der Waals surface area contributed by atoms with Crippen LogP contribution in [0.1, 0.15) is 16.7 Å². The van der Waals surface area contributed by atoms with E-state index < -0.39 is 0 Å². The van der Waals surface area contributed by atoms with Crippen molar-refractivity contribution in [1.29, 1.82) is 0 Å². The fraction of sp³-hybridized carbons (Fsp3) is 0.125. The molecule has 0 aliphatic carbocycles. The summed E-state index contributed by atoms with van der Waals surface area (Å²) in [6, 6.07) is 23.7. The minimum atomic E-state index is -0.145. The minimum absolute atomic E-state index is 0.145. The minimum Gasteiger partial charge on any atom is -0.339 e. The highest BCUT2D eigenvalue weighted by atomic mass is 16.1. The summed E-state index contributed by atoms with van der Waals surface area (Å²) >= 11 is 0. The van der Waals surface area contributed by atoms with Crippen molar-refractivity contribution in [2.24, 2.45) is 4.99 Å². The molecule has 0 aliphatic heterocycles. The highest BCUT2D eigenvalue weighted by molar-refractivity contribution is 5.87. The van der Waals surface area contributed by atoms with Crippen molar-refractivity contribution >= 4 is 23.4 Å². The molecule has 0 unspecified atom stereocenters. The third-order valence-electron chi connectivity index (χ3n) is 4.68. The summed E-state index contributed by atoms with van der Waals surface area (Å²) in [5.41, 5.74) is 4.16. The number of aliphatic imine (C=N–C) groups is 1. The van der Waals surface area contributed by atoms with Crippen LogP contribution in [0.5, 0.6) is 0 Å². The second-order valence-electron chi connectivity index (χ2n) is 6.87. The molecule has 0 atom stereocenters. The maximum Gasteiger partial charge on any atom is 0.268 e. The number of rotatable bonds is 6. The summed E-state index contributed by atoms with van der Waals surface area (Å²) in [5, 5.41) is 3.28. The van der Waals surface area contributed by atoms with Crippen LogP contribution in [0.2, 0.25) is 0 Å². The first-order chi connectivity index (χ1) is 14.2. The van der Waals surface area contributed by atoms with Crippen LogP contribution in [0.15, 0.2) is 88.8 Å². The van der Waals surface area contributed by atoms with E-state index in [0.717, 1.165) is 12.1 Å². The SMILES string of the molecule is Cc1ccc(Nc2nc3ccccn3c(=O)c2C=NCCc2ccccc2)cc1. The number of fused-ring (bicyclic) bond motifs is 1. The van der Waals surface area contributed by atoms with E-state index in [0.29, 0.717) is 23.6 Å². The van der Waals surface area contributed by atoms with E-state index in [1.165, 1.54) is 11.1 Å². The molecule has 2 aromatic heterocycles. The van der Waals surface area contributed by atoms with Gasteiger partial charge in [0.2, 0.25) is 0 Å². The predicted molar refractivity (Wildman–Crippen MR) is 119 cm³/mol. The van der Waals surface area contributed by atoms with E-state index in [1.807, 2.05) is 67.6 Å². The van der Waals surface area contributed by atoms with Gasteiger partial charge in [0.05, 0.1) is 0 Å².